The molecule has 3 heterocycles. The third-order valence-corrected chi connectivity index (χ3v) is 7.35. The maximum Gasteiger partial charge on any atom is 0.224 e. The molecule has 0 spiro atoms. The number of hydrogen-bond donors (Lipinski definition) is 3. The number of hydrazine groups is 1. The van der Waals surface area contributed by atoms with Crippen LogP contribution in [-0.4, -0.2) is 36.8 Å². The summed E-state index contributed by atoms with van der Waals surface area (Å²) in [6.07, 6.45) is 2.08. The second-order valence-electron chi connectivity index (χ2n) is 8.51. The monoisotopic (exact) mass is 469 g/mol. The number of rotatable bonds is 6. The number of nitrogens with zero attached hydrogens (tertiary/aromatic N) is 2. The van der Waals surface area contributed by atoms with Crippen molar-refractivity contribution in [2.45, 2.75) is 38.4 Å². The molecule has 0 saturated carbocycles. The molecular weight excluding hydrogens is 441 g/mol. The Kier molecular flexibility index (Phi) is 6.43. The fourth-order valence-electron chi connectivity index (χ4n) is 4.50. The summed E-state index contributed by atoms with van der Waals surface area (Å²) in [6, 6.07) is 12.5. The van der Waals surface area contributed by atoms with Gasteiger partial charge in [0.15, 0.2) is 5.13 Å². The van der Waals surface area contributed by atoms with Gasteiger partial charge < -0.3 is 15.0 Å². The minimum Gasteiger partial charge on any atom is -0.494 e. The first-order valence-corrected chi connectivity index (χ1v) is 12.3. The summed E-state index contributed by atoms with van der Waals surface area (Å²) >= 11 is 1.67. The molecule has 2 aliphatic rings. The Labute approximate surface area is 196 Å². The van der Waals surface area contributed by atoms with Gasteiger partial charge in [0.2, 0.25) is 5.91 Å². The van der Waals surface area contributed by atoms with Crippen molar-refractivity contribution in [2.75, 3.05) is 24.6 Å². The minimum atomic E-state index is -0.253. The van der Waals surface area contributed by atoms with Crippen LogP contribution in [0.5, 0.6) is 5.75 Å². The van der Waals surface area contributed by atoms with Crippen LogP contribution >= 0.6 is 11.3 Å². The Morgan fingerprint density at radius 3 is 2.88 bits per heavy atom. The molecular formula is C24H28FN5O2S. The highest BCUT2D eigenvalue weighted by Crippen LogP contribution is 2.33. The van der Waals surface area contributed by atoms with Gasteiger partial charge in [-0.3, -0.25) is 4.79 Å². The van der Waals surface area contributed by atoms with Crippen molar-refractivity contribution in [1.82, 2.24) is 21.2 Å². The van der Waals surface area contributed by atoms with Crippen LogP contribution in [0.4, 0.5) is 9.52 Å². The number of anilines is 1. The fourth-order valence-corrected chi connectivity index (χ4v) is 5.55. The zero-order valence-corrected chi connectivity index (χ0v) is 19.3. The Hall–Kier alpha value is -2.75. The van der Waals surface area contributed by atoms with Crippen LogP contribution in [0.1, 0.15) is 37.8 Å². The number of carbonyl (C=O) groups is 1. The summed E-state index contributed by atoms with van der Waals surface area (Å²) in [4.78, 5) is 19.9. The van der Waals surface area contributed by atoms with Gasteiger partial charge in [0.25, 0.3) is 0 Å². The third-order valence-electron chi connectivity index (χ3n) is 6.27. The lowest BCUT2D eigenvalue weighted by Crippen LogP contribution is -2.48. The molecule has 2 atom stereocenters. The van der Waals surface area contributed by atoms with E-state index in [1.807, 2.05) is 31.2 Å². The van der Waals surface area contributed by atoms with Crippen molar-refractivity contribution >= 4 is 32.6 Å². The number of thiazole rings is 1. The number of ether oxygens (including phenoxy) is 1. The third kappa shape index (κ3) is 4.95. The zero-order chi connectivity index (χ0) is 22.8. The van der Waals surface area contributed by atoms with Gasteiger partial charge in [-0.2, -0.15) is 0 Å². The number of halogens is 1. The van der Waals surface area contributed by atoms with Gasteiger partial charge in [-0.1, -0.05) is 23.5 Å². The number of piperidine rings is 1. The van der Waals surface area contributed by atoms with E-state index in [4.69, 9.17) is 9.72 Å². The van der Waals surface area contributed by atoms with E-state index >= 15 is 0 Å². The molecule has 2 fully saturated rings. The summed E-state index contributed by atoms with van der Waals surface area (Å²) in [5.41, 5.74) is 8.13. The number of benzene rings is 2. The maximum atomic E-state index is 13.5. The predicted molar refractivity (Wildman–Crippen MR) is 128 cm³/mol. The molecule has 174 valence electrons. The lowest BCUT2D eigenvalue weighted by atomic mass is 9.96. The number of nitrogens with one attached hydrogen (secondary N) is 3. The number of hydrogen-bond acceptors (Lipinski definition) is 7. The highest BCUT2D eigenvalue weighted by Gasteiger charge is 2.31. The number of aromatic nitrogens is 1. The van der Waals surface area contributed by atoms with Gasteiger partial charge in [-0.15, -0.1) is 0 Å². The molecule has 2 aliphatic heterocycles. The van der Waals surface area contributed by atoms with Crippen LogP contribution in [0.3, 0.4) is 0 Å². The number of amides is 1. The quantitative estimate of drug-likeness (QED) is 0.511. The van der Waals surface area contributed by atoms with E-state index in [-0.39, 0.29) is 29.8 Å². The molecule has 7 nitrogen and oxygen atoms in total. The van der Waals surface area contributed by atoms with E-state index in [0.29, 0.717) is 13.0 Å². The van der Waals surface area contributed by atoms with Gasteiger partial charge in [-0.05, 0) is 55.7 Å². The maximum absolute atomic E-state index is 13.5. The second-order valence-corrected chi connectivity index (χ2v) is 9.52. The summed E-state index contributed by atoms with van der Waals surface area (Å²) in [5, 5.41) is 4.10. The standard InChI is InChI=1S/C24H28FN5O2S/c1-2-32-18-6-7-19-21(13-18)33-24(26-19)30-10-8-15(9-11-30)23(31)27-22-14-20(28-29-22)16-4-3-5-17(25)12-16/h3-7,12-13,15,20,22,28-29H,2,8-11,14H2,1H3,(H,27,31). The van der Waals surface area contributed by atoms with E-state index in [9.17, 15) is 9.18 Å². The number of carbonyl (C=O) groups excluding carboxylic acids is 1. The van der Waals surface area contributed by atoms with Crippen molar-refractivity contribution in [1.29, 1.82) is 0 Å². The molecule has 9 heteroatoms. The normalized spacial score (nSPS) is 21.5. The largest absolute Gasteiger partial charge is 0.494 e. The summed E-state index contributed by atoms with van der Waals surface area (Å²) in [6.45, 7) is 4.23. The van der Waals surface area contributed by atoms with Gasteiger partial charge in [0, 0.05) is 31.5 Å². The average Bonchev–Trinajstić information content (AvgIpc) is 3.46. The summed E-state index contributed by atoms with van der Waals surface area (Å²) in [7, 11) is 0. The van der Waals surface area contributed by atoms with Crippen molar-refractivity contribution in [3.63, 3.8) is 0 Å². The molecule has 0 bridgehead atoms. The van der Waals surface area contributed by atoms with Crippen LogP contribution in [0.25, 0.3) is 10.2 Å². The highest BCUT2D eigenvalue weighted by molar-refractivity contribution is 7.22. The molecule has 2 aromatic carbocycles. The van der Waals surface area contributed by atoms with E-state index in [1.54, 1.807) is 17.4 Å². The molecule has 3 aromatic rings. The highest BCUT2D eigenvalue weighted by atomic mass is 32.1. The van der Waals surface area contributed by atoms with Crippen molar-refractivity contribution in [2.24, 2.45) is 5.92 Å². The lowest BCUT2D eigenvalue weighted by Gasteiger charge is -2.31. The Bertz CT molecular complexity index is 1130. The molecule has 0 radical (unpaired) electrons. The van der Waals surface area contributed by atoms with Gasteiger partial charge in [-0.25, -0.2) is 20.2 Å². The van der Waals surface area contributed by atoms with Crippen LogP contribution in [0, 0.1) is 11.7 Å². The van der Waals surface area contributed by atoms with Crippen molar-refractivity contribution in [3.8, 4) is 5.75 Å². The van der Waals surface area contributed by atoms with E-state index in [1.165, 1.54) is 12.1 Å². The van der Waals surface area contributed by atoms with Gasteiger partial charge in [0.1, 0.15) is 11.6 Å². The first-order chi connectivity index (χ1) is 16.1. The van der Waals surface area contributed by atoms with Gasteiger partial charge in [0.05, 0.1) is 23.0 Å². The van der Waals surface area contributed by atoms with E-state index in [2.05, 4.69) is 21.1 Å². The molecule has 2 unspecified atom stereocenters. The van der Waals surface area contributed by atoms with Crippen molar-refractivity contribution in [3.05, 3.63) is 53.8 Å². The topological polar surface area (TPSA) is 78.5 Å². The van der Waals surface area contributed by atoms with Gasteiger partial charge >= 0.3 is 0 Å². The zero-order valence-electron chi connectivity index (χ0n) is 18.5. The minimum absolute atomic E-state index is 0.0183. The first kappa shape index (κ1) is 22.1. The molecule has 5 rings (SSSR count). The molecule has 1 amide bonds. The van der Waals surface area contributed by atoms with E-state index < -0.39 is 0 Å². The Morgan fingerprint density at radius 2 is 2.09 bits per heavy atom. The second kappa shape index (κ2) is 9.62. The fraction of sp³-hybridized carbons (Fsp3) is 0.417. The molecule has 3 N–H and O–H groups in total. The number of fused-ring (bicyclic) bond motifs is 1. The molecule has 0 aliphatic carbocycles. The van der Waals surface area contributed by atoms with E-state index in [0.717, 1.165) is 52.6 Å². The lowest BCUT2D eigenvalue weighted by molar-refractivity contribution is -0.126. The van der Waals surface area contributed by atoms with Crippen molar-refractivity contribution < 1.29 is 13.9 Å². The Balaban J connectivity index is 1.13. The molecule has 2 saturated heterocycles. The SMILES string of the molecule is CCOc1ccc2nc(N3CCC(C(=O)NC4CC(c5cccc(F)c5)NN4)CC3)sc2c1. The Morgan fingerprint density at radius 1 is 1.24 bits per heavy atom. The molecule has 1 aromatic heterocycles. The predicted octanol–water partition coefficient (Wildman–Crippen LogP) is 3.73. The van der Waals surface area contributed by atoms with Crippen LogP contribution < -0.4 is 25.8 Å². The summed E-state index contributed by atoms with van der Waals surface area (Å²) < 4.78 is 20.2. The summed E-state index contributed by atoms with van der Waals surface area (Å²) in [5.74, 6) is 0.663. The first-order valence-electron chi connectivity index (χ1n) is 11.4. The molecule has 33 heavy (non-hydrogen) atoms. The average molecular weight is 470 g/mol. The van der Waals surface area contributed by atoms with Crippen LogP contribution in [0.2, 0.25) is 0 Å². The van der Waals surface area contributed by atoms with Crippen LogP contribution in [-0.2, 0) is 4.79 Å². The van der Waals surface area contributed by atoms with Crippen LogP contribution in [0.15, 0.2) is 42.5 Å². The smallest absolute Gasteiger partial charge is 0.224 e.